The van der Waals surface area contributed by atoms with E-state index in [0.29, 0.717) is 12.1 Å². The molecule has 0 radical (unpaired) electrons. The van der Waals surface area contributed by atoms with Crippen LogP contribution in [0.1, 0.15) is 26.7 Å². The molecule has 10 heteroatoms. The quantitative estimate of drug-likeness (QED) is 0.336. The predicted molar refractivity (Wildman–Crippen MR) is 82.3 cm³/mol. The standard InChI is InChI=1S/C13H16N4O6/c1-3-9(7-13(18)23-4-2)14-15-11-6-5-10(16(19)20)8-12(11)17(21)22/h5-6,8,15H,3-4,7H2,1-2H3/b14-9+. The van der Waals surface area contributed by atoms with Gasteiger partial charge < -0.3 is 4.74 Å². The van der Waals surface area contributed by atoms with E-state index in [2.05, 4.69) is 10.5 Å². The zero-order valence-corrected chi connectivity index (χ0v) is 12.6. The molecule has 0 aliphatic heterocycles. The highest BCUT2D eigenvalue weighted by Crippen LogP contribution is 2.28. The van der Waals surface area contributed by atoms with Gasteiger partial charge in [0.25, 0.3) is 5.69 Å². The van der Waals surface area contributed by atoms with Crippen LogP contribution in [-0.4, -0.2) is 28.1 Å². The molecule has 0 fully saturated rings. The molecule has 10 nitrogen and oxygen atoms in total. The van der Waals surface area contributed by atoms with Crippen LogP contribution in [0.5, 0.6) is 0 Å². The molecular formula is C13H16N4O6. The number of nitro benzene ring substituents is 2. The van der Waals surface area contributed by atoms with Gasteiger partial charge in [-0.25, -0.2) is 0 Å². The van der Waals surface area contributed by atoms with Gasteiger partial charge in [-0.2, -0.15) is 5.10 Å². The van der Waals surface area contributed by atoms with Crippen molar-refractivity contribution >= 4 is 28.7 Å². The maximum atomic E-state index is 11.4. The topological polar surface area (TPSA) is 137 Å². The van der Waals surface area contributed by atoms with E-state index >= 15 is 0 Å². The van der Waals surface area contributed by atoms with E-state index in [-0.39, 0.29) is 18.7 Å². The number of carbonyl (C=O) groups excluding carboxylic acids is 1. The summed E-state index contributed by atoms with van der Waals surface area (Å²) in [7, 11) is 0. The fourth-order valence-corrected chi connectivity index (χ4v) is 1.64. The average molecular weight is 324 g/mol. The maximum absolute atomic E-state index is 11.4. The Kier molecular flexibility index (Phi) is 6.59. The van der Waals surface area contributed by atoms with Gasteiger partial charge in [0.2, 0.25) is 0 Å². The normalized spacial score (nSPS) is 11.0. The summed E-state index contributed by atoms with van der Waals surface area (Å²) in [5.41, 5.74) is 2.04. The highest BCUT2D eigenvalue weighted by molar-refractivity contribution is 5.99. The Morgan fingerprint density at radius 1 is 1.26 bits per heavy atom. The van der Waals surface area contributed by atoms with E-state index in [4.69, 9.17) is 4.74 Å². The van der Waals surface area contributed by atoms with Crippen molar-refractivity contribution in [3.05, 3.63) is 38.4 Å². The number of anilines is 1. The van der Waals surface area contributed by atoms with Crippen molar-refractivity contribution in [2.45, 2.75) is 26.7 Å². The van der Waals surface area contributed by atoms with Crippen LogP contribution in [0, 0.1) is 20.2 Å². The number of nitro groups is 2. The number of hydrogen-bond donors (Lipinski definition) is 1. The van der Waals surface area contributed by atoms with E-state index in [0.717, 1.165) is 12.1 Å². The number of nitrogens with one attached hydrogen (secondary N) is 1. The van der Waals surface area contributed by atoms with E-state index in [9.17, 15) is 25.0 Å². The SMILES string of the molecule is CCOC(=O)C/C(CC)=N/Nc1ccc([N+](=O)[O-])cc1[N+](=O)[O-]. The fourth-order valence-electron chi connectivity index (χ4n) is 1.64. The molecule has 124 valence electrons. The van der Waals surface area contributed by atoms with Gasteiger partial charge in [0, 0.05) is 11.8 Å². The Bertz CT molecular complexity index is 643. The Balaban J connectivity index is 2.98. The highest BCUT2D eigenvalue weighted by Gasteiger charge is 2.19. The first kappa shape index (κ1) is 18.0. The predicted octanol–water partition coefficient (Wildman–Crippen LogP) is 2.63. The number of non-ortho nitro benzene ring substituents is 1. The number of nitrogens with zero attached hydrogens (tertiary/aromatic N) is 3. The highest BCUT2D eigenvalue weighted by atomic mass is 16.6. The van der Waals surface area contributed by atoms with E-state index < -0.39 is 27.2 Å². The third-order valence-corrected chi connectivity index (χ3v) is 2.79. The van der Waals surface area contributed by atoms with Crippen molar-refractivity contribution in [1.82, 2.24) is 0 Å². The van der Waals surface area contributed by atoms with Crippen molar-refractivity contribution in [2.24, 2.45) is 5.10 Å². The smallest absolute Gasteiger partial charge is 0.311 e. The summed E-state index contributed by atoms with van der Waals surface area (Å²) in [6.45, 7) is 3.69. The molecule has 0 aliphatic carbocycles. The van der Waals surface area contributed by atoms with Gasteiger partial charge >= 0.3 is 11.7 Å². The van der Waals surface area contributed by atoms with Crippen LogP contribution in [0.3, 0.4) is 0 Å². The average Bonchev–Trinajstić information content (AvgIpc) is 2.51. The lowest BCUT2D eigenvalue weighted by molar-refractivity contribution is -0.393. The van der Waals surface area contributed by atoms with Crippen LogP contribution in [0.2, 0.25) is 0 Å². The molecular weight excluding hydrogens is 308 g/mol. The number of hydrogen-bond acceptors (Lipinski definition) is 8. The first-order valence-electron chi connectivity index (χ1n) is 6.78. The molecule has 0 aliphatic rings. The molecule has 0 saturated heterocycles. The van der Waals surface area contributed by atoms with Crippen LogP contribution in [-0.2, 0) is 9.53 Å². The molecule has 0 unspecified atom stereocenters. The zero-order valence-electron chi connectivity index (χ0n) is 12.6. The molecule has 0 atom stereocenters. The number of benzene rings is 1. The maximum Gasteiger partial charge on any atom is 0.311 e. The van der Waals surface area contributed by atoms with Crippen LogP contribution in [0.25, 0.3) is 0 Å². The number of hydrazone groups is 1. The number of carbonyl (C=O) groups is 1. The van der Waals surface area contributed by atoms with Gasteiger partial charge in [-0.3, -0.25) is 30.4 Å². The van der Waals surface area contributed by atoms with Gasteiger partial charge in [0.15, 0.2) is 0 Å². The van der Waals surface area contributed by atoms with Crippen molar-refractivity contribution in [1.29, 1.82) is 0 Å². The summed E-state index contributed by atoms with van der Waals surface area (Å²) in [4.78, 5) is 31.6. The van der Waals surface area contributed by atoms with Crippen LogP contribution >= 0.6 is 0 Å². The summed E-state index contributed by atoms with van der Waals surface area (Å²) in [6.07, 6.45) is 0.394. The van der Waals surface area contributed by atoms with Crippen molar-refractivity contribution in [3.63, 3.8) is 0 Å². The molecule has 1 aromatic carbocycles. The van der Waals surface area contributed by atoms with E-state index in [1.165, 1.54) is 6.07 Å². The second-order valence-corrected chi connectivity index (χ2v) is 4.34. The number of esters is 1. The molecule has 0 amide bonds. The summed E-state index contributed by atoms with van der Waals surface area (Å²) in [5.74, 6) is -0.451. The lowest BCUT2D eigenvalue weighted by Crippen LogP contribution is -2.12. The second-order valence-electron chi connectivity index (χ2n) is 4.34. The van der Waals surface area contributed by atoms with E-state index in [1.54, 1.807) is 13.8 Å². The van der Waals surface area contributed by atoms with Crippen LogP contribution < -0.4 is 5.43 Å². The monoisotopic (exact) mass is 324 g/mol. The Labute approximate surface area is 131 Å². The summed E-state index contributed by atoms with van der Waals surface area (Å²) in [6, 6.07) is 3.16. The van der Waals surface area contributed by atoms with E-state index in [1.807, 2.05) is 0 Å². The fraction of sp³-hybridized carbons (Fsp3) is 0.385. The third kappa shape index (κ3) is 5.34. The summed E-state index contributed by atoms with van der Waals surface area (Å²) in [5, 5.41) is 25.6. The minimum atomic E-state index is -0.748. The Hall–Kier alpha value is -3.04. The van der Waals surface area contributed by atoms with Crippen molar-refractivity contribution in [2.75, 3.05) is 12.0 Å². The first-order chi connectivity index (χ1) is 10.9. The molecule has 1 N–H and O–H groups in total. The second kappa shape index (κ2) is 8.41. The minimum Gasteiger partial charge on any atom is -0.466 e. The van der Waals surface area contributed by atoms with Crippen LogP contribution in [0.15, 0.2) is 23.3 Å². The van der Waals surface area contributed by atoms with Crippen molar-refractivity contribution in [3.8, 4) is 0 Å². The van der Waals surface area contributed by atoms with Gasteiger partial charge in [0.05, 0.1) is 28.9 Å². The molecule has 0 saturated carbocycles. The zero-order chi connectivity index (χ0) is 17.4. The largest absolute Gasteiger partial charge is 0.466 e. The third-order valence-electron chi connectivity index (χ3n) is 2.79. The molecule has 0 bridgehead atoms. The molecule has 23 heavy (non-hydrogen) atoms. The summed E-state index contributed by atoms with van der Waals surface area (Å²) >= 11 is 0. The lowest BCUT2D eigenvalue weighted by Gasteiger charge is -2.06. The number of rotatable bonds is 8. The Morgan fingerprint density at radius 2 is 1.96 bits per heavy atom. The summed E-state index contributed by atoms with van der Waals surface area (Å²) < 4.78 is 4.80. The molecule has 1 rings (SSSR count). The molecule has 0 heterocycles. The molecule has 0 spiro atoms. The van der Waals surface area contributed by atoms with Gasteiger partial charge in [-0.05, 0) is 19.4 Å². The Morgan fingerprint density at radius 3 is 2.48 bits per heavy atom. The van der Waals surface area contributed by atoms with Gasteiger partial charge in [-0.15, -0.1) is 0 Å². The van der Waals surface area contributed by atoms with Crippen LogP contribution in [0.4, 0.5) is 17.1 Å². The van der Waals surface area contributed by atoms with Gasteiger partial charge in [0.1, 0.15) is 5.69 Å². The molecule has 0 aromatic heterocycles. The number of ether oxygens (including phenoxy) is 1. The molecule has 1 aromatic rings. The van der Waals surface area contributed by atoms with Gasteiger partial charge in [-0.1, -0.05) is 6.92 Å². The lowest BCUT2D eigenvalue weighted by atomic mass is 10.2. The first-order valence-corrected chi connectivity index (χ1v) is 6.78. The minimum absolute atomic E-state index is 0.00425. The van der Waals surface area contributed by atoms with Crippen molar-refractivity contribution < 1.29 is 19.4 Å².